The highest BCUT2D eigenvalue weighted by Gasteiger charge is 2.14. The van der Waals surface area contributed by atoms with E-state index in [-0.39, 0.29) is 16.4 Å². The molecule has 6 heteroatoms. The lowest BCUT2D eigenvalue weighted by Gasteiger charge is -2.07. The molecule has 0 spiro atoms. The second-order valence-corrected chi connectivity index (χ2v) is 3.76. The van der Waals surface area contributed by atoms with E-state index in [0.717, 1.165) is 6.07 Å². The summed E-state index contributed by atoms with van der Waals surface area (Å²) < 4.78 is 26.3. The number of pyridine rings is 1. The van der Waals surface area contributed by atoms with Crippen LogP contribution < -0.4 is 5.32 Å². The van der Waals surface area contributed by atoms with Crippen molar-refractivity contribution in [1.82, 2.24) is 4.98 Å². The van der Waals surface area contributed by atoms with E-state index in [2.05, 4.69) is 10.3 Å². The minimum Gasteiger partial charge on any atom is -0.319 e. The average molecular weight is 269 g/mol. The summed E-state index contributed by atoms with van der Waals surface area (Å²) in [5.41, 5.74) is -0.164. The van der Waals surface area contributed by atoms with E-state index in [0.29, 0.717) is 0 Å². The van der Waals surface area contributed by atoms with Crippen molar-refractivity contribution in [2.45, 2.75) is 0 Å². The number of hydrogen-bond acceptors (Lipinski definition) is 2. The first-order valence-electron chi connectivity index (χ1n) is 4.95. The first kappa shape index (κ1) is 12.4. The number of benzene rings is 1. The van der Waals surface area contributed by atoms with Crippen LogP contribution in [0, 0.1) is 11.6 Å². The number of amides is 1. The molecule has 0 atom stereocenters. The Balaban J connectivity index is 2.27. The van der Waals surface area contributed by atoms with Crippen LogP contribution in [0.5, 0.6) is 0 Å². The van der Waals surface area contributed by atoms with Gasteiger partial charge in [-0.25, -0.2) is 13.8 Å². The number of hydrogen-bond donors (Lipinski definition) is 1. The van der Waals surface area contributed by atoms with Crippen molar-refractivity contribution in [3.63, 3.8) is 0 Å². The third-order valence-corrected chi connectivity index (χ3v) is 2.50. The molecule has 0 aliphatic heterocycles. The van der Waals surface area contributed by atoms with Gasteiger partial charge in [-0.2, -0.15) is 0 Å². The van der Waals surface area contributed by atoms with Gasteiger partial charge in [-0.1, -0.05) is 17.7 Å². The molecule has 0 unspecified atom stereocenters. The zero-order chi connectivity index (χ0) is 13.1. The Morgan fingerprint density at radius 2 is 2.00 bits per heavy atom. The fourth-order valence-corrected chi connectivity index (χ4v) is 1.55. The van der Waals surface area contributed by atoms with Gasteiger partial charge in [0.15, 0.2) is 11.6 Å². The van der Waals surface area contributed by atoms with Crippen LogP contribution in [0.25, 0.3) is 0 Å². The lowest BCUT2D eigenvalue weighted by Crippen LogP contribution is -2.14. The number of nitrogens with one attached hydrogen (secondary N) is 1. The third-order valence-electron chi connectivity index (χ3n) is 2.20. The van der Waals surface area contributed by atoms with Crippen molar-refractivity contribution < 1.29 is 13.6 Å². The number of carbonyl (C=O) groups is 1. The lowest BCUT2D eigenvalue weighted by molar-refractivity contribution is 0.102. The number of aromatic nitrogens is 1. The SMILES string of the molecule is O=C(Nc1cccc(F)c1F)c1cccnc1Cl. The summed E-state index contributed by atoms with van der Waals surface area (Å²) in [6.07, 6.45) is 1.42. The highest BCUT2D eigenvalue weighted by atomic mass is 35.5. The van der Waals surface area contributed by atoms with Crippen LogP contribution in [0.1, 0.15) is 10.4 Å². The van der Waals surface area contributed by atoms with Gasteiger partial charge in [0.2, 0.25) is 0 Å². The molecule has 18 heavy (non-hydrogen) atoms. The van der Waals surface area contributed by atoms with Gasteiger partial charge >= 0.3 is 0 Å². The third kappa shape index (κ3) is 2.46. The molecule has 0 aliphatic rings. The molecule has 92 valence electrons. The van der Waals surface area contributed by atoms with Crippen LogP contribution in [0.2, 0.25) is 5.15 Å². The predicted octanol–water partition coefficient (Wildman–Crippen LogP) is 3.27. The molecule has 1 heterocycles. The molecular formula is C12H7ClF2N2O. The molecule has 1 amide bonds. The summed E-state index contributed by atoms with van der Waals surface area (Å²) in [5, 5.41) is 2.22. The smallest absolute Gasteiger partial charge is 0.258 e. The van der Waals surface area contributed by atoms with Gasteiger partial charge in [0.25, 0.3) is 5.91 Å². The second-order valence-electron chi connectivity index (χ2n) is 3.40. The maximum absolute atomic E-state index is 13.3. The monoisotopic (exact) mass is 268 g/mol. The molecule has 1 N–H and O–H groups in total. The summed E-state index contributed by atoms with van der Waals surface area (Å²) in [6, 6.07) is 6.45. The standard InChI is InChI=1S/C12H7ClF2N2O/c13-11-7(3-2-6-16-11)12(18)17-9-5-1-4-8(14)10(9)15/h1-6H,(H,17,18). The molecule has 1 aromatic carbocycles. The summed E-state index contributed by atoms with van der Waals surface area (Å²) in [4.78, 5) is 15.5. The molecule has 2 rings (SSSR count). The first-order valence-corrected chi connectivity index (χ1v) is 5.33. The maximum atomic E-state index is 13.3. The van der Waals surface area contributed by atoms with E-state index in [1.54, 1.807) is 0 Å². The van der Waals surface area contributed by atoms with Crippen LogP contribution >= 0.6 is 11.6 Å². The number of carbonyl (C=O) groups excluding carboxylic acids is 1. The molecule has 0 radical (unpaired) electrons. The molecule has 1 aromatic heterocycles. The van der Waals surface area contributed by atoms with E-state index in [1.165, 1.54) is 30.5 Å². The topological polar surface area (TPSA) is 42.0 Å². The number of halogens is 3. The minimum absolute atomic E-state index is 0.00758. The van der Waals surface area contributed by atoms with Gasteiger partial charge in [-0.05, 0) is 24.3 Å². The number of rotatable bonds is 2. The van der Waals surface area contributed by atoms with Crippen LogP contribution in [0.4, 0.5) is 14.5 Å². The second kappa shape index (κ2) is 5.10. The van der Waals surface area contributed by atoms with E-state index in [9.17, 15) is 13.6 Å². The van der Waals surface area contributed by atoms with Crippen LogP contribution in [-0.2, 0) is 0 Å². The molecule has 3 nitrogen and oxygen atoms in total. The molecule has 0 aliphatic carbocycles. The quantitative estimate of drug-likeness (QED) is 0.850. The lowest BCUT2D eigenvalue weighted by atomic mass is 10.2. The van der Waals surface area contributed by atoms with Crippen molar-refractivity contribution in [3.05, 3.63) is 58.9 Å². The Morgan fingerprint density at radius 1 is 1.22 bits per heavy atom. The number of nitrogens with zero attached hydrogens (tertiary/aromatic N) is 1. The minimum atomic E-state index is -1.12. The van der Waals surface area contributed by atoms with E-state index in [1.807, 2.05) is 0 Å². The fraction of sp³-hybridized carbons (Fsp3) is 0. The molecule has 0 bridgehead atoms. The molecule has 0 saturated carbocycles. The van der Waals surface area contributed by atoms with Crippen molar-refractivity contribution in [1.29, 1.82) is 0 Å². The molecule has 2 aromatic rings. The van der Waals surface area contributed by atoms with E-state index in [4.69, 9.17) is 11.6 Å². The summed E-state index contributed by atoms with van der Waals surface area (Å²) in [5.74, 6) is -2.81. The Morgan fingerprint density at radius 3 is 2.72 bits per heavy atom. The van der Waals surface area contributed by atoms with Crippen LogP contribution in [-0.4, -0.2) is 10.9 Å². The molecule has 0 saturated heterocycles. The van der Waals surface area contributed by atoms with Crippen molar-refractivity contribution in [2.24, 2.45) is 0 Å². The van der Waals surface area contributed by atoms with Crippen molar-refractivity contribution in [2.75, 3.05) is 5.32 Å². The molecular weight excluding hydrogens is 262 g/mol. The first-order chi connectivity index (χ1) is 8.59. The highest BCUT2D eigenvalue weighted by molar-refractivity contribution is 6.33. The zero-order valence-electron chi connectivity index (χ0n) is 8.95. The van der Waals surface area contributed by atoms with Gasteiger partial charge in [-0.15, -0.1) is 0 Å². The highest BCUT2D eigenvalue weighted by Crippen LogP contribution is 2.19. The van der Waals surface area contributed by atoms with Crippen molar-refractivity contribution >= 4 is 23.2 Å². The predicted molar refractivity (Wildman–Crippen MR) is 63.6 cm³/mol. The van der Waals surface area contributed by atoms with Gasteiger partial charge in [0.05, 0.1) is 11.3 Å². The maximum Gasteiger partial charge on any atom is 0.258 e. The van der Waals surface area contributed by atoms with E-state index >= 15 is 0 Å². The van der Waals surface area contributed by atoms with Gasteiger partial charge in [-0.3, -0.25) is 4.79 Å². The Hall–Kier alpha value is -2.01. The van der Waals surface area contributed by atoms with Crippen molar-refractivity contribution in [3.8, 4) is 0 Å². The average Bonchev–Trinajstić information content (AvgIpc) is 2.35. The summed E-state index contributed by atoms with van der Waals surface area (Å²) in [6.45, 7) is 0. The van der Waals surface area contributed by atoms with Gasteiger partial charge < -0.3 is 5.32 Å². The van der Waals surface area contributed by atoms with Crippen LogP contribution in [0.15, 0.2) is 36.5 Å². The van der Waals surface area contributed by atoms with Gasteiger partial charge in [0, 0.05) is 6.20 Å². The summed E-state index contributed by atoms with van der Waals surface area (Å²) in [7, 11) is 0. The van der Waals surface area contributed by atoms with E-state index < -0.39 is 17.5 Å². The zero-order valence-corrected chi connectivity index (χ0v) is 9.71. The number of anilines is 1. The van der Waals surface area contributed by atoms with Gasteiger partial charge in [0.1, 0.15) is 5.15 Å². The van der Waals surface area contributed by atoms with Crippen LogP contribution in [0.3, 0.4) is 0 Å². The Bertz CT molecular complexity index is 604. The summed E-state index contributed by atoms with van der Waals surface area (Å²) >= 11 is 5.72. The Kier molecular flexibility index (Phi) is 3.53. The normalized spacial score (nSPS) is 10.2. The molecule has 0 fully saturated rings. The Labute approximate surface area is 106 Å². The fourth-order valence-electron chi connectivity index (χ4n) is 1.35. The largest absolute Gasteiger partial charge is 0.319 e.